The molecule has 0 spiro atoms. The molecule has 2 aliphatic rings. The van der Waals surface area contributed by atoms with Crippen molar-refractivity contribution in [2.45, 2.75) is 57.8 Å². The molecule has 168 valence electrons. The van der Waals surface area contributed by atoms with E-state index < -0.39 is 24.7 Å². The number of carbonyl (C=O) groups is 1. The number of nitrogens with one attached hydrogen (secondary N) is 1. The van der Waals surface area contributed by atoms with Crippen molar-refractivity contribution in [2.75, 3.05) is 25.0 Å². The number of amides is 1. The second kappa shape index (κ2) is 8.80. The number of anilines is 1. The van der Waals surface area contributed by atoms with Gasteiger partial charge in [-0.1, -0.05) is 13.0 Å². The standard InChI is InChI=1S/C22H27F3N4O2/c1-2-19-18-12-17(31-11-8-16-13-28-10-3-9-26-21(28)27-16)6-4-15(18)5-7-20(30)29(19)14-22(23,24)25/h4,6,12-13,19H,2-3,5,7-11,14H2,1H3,(H,26,27). The van der Waals surface area contributed by atoms with Crippen molar-refractivity contribution in [3.05, 3.63) is 41.2 Å². The highest BCUT2D eigenvalue weighted by molar-refractivity contribution is 5.78. The Morgan fingerprint density at radius 2 is 2.13 bits per heavy atom. The number of alkyl halides is 3. The van der Waals surface area contributed by atoms with E-state index in [1.807, 2.05) is 18.3 Å². The van der Waals surface area contributed by atoms with E-state index >= 15 is 0 Å². The largest absolute Gasteiger partial charge is 0.493 e. The van der Waals surface area contributed by atoms with Crippen LogP contribution in [0.4, 0.5) is 19.1 Å². The quantitative estimate of drug-likeness (QED) is 0.741. The van der Waals surface area contributed by atoms with Gasteiger partial charge in [0.05, 0.1) is 18.3 Å². The van der Waals surface area contributed by atoms with Crippen molar-refractivity contribution in [3.8, 4) is 5.75 Å². The van der Waals surface area contributed by atoms with Crippen molar-refractivity contribution in [1.82, 2.24) is 14.5 Å². The van der Waals surface area contributed by atoms with Gasteiger partial charge in [-0.3, -0.25) is 4.79 Å². The van der Waals surface area contributed by atoms with Crippen LogP contribution in [0.15, 0.2) is 24.4 Å². The molecule has 31 heavy (non-hydrogen) atoms. The summed E-state index contributed by atoms with van der Waals surface area (Å²) in [5.41, 5.74) is 2.59. The molecule has 9 heteroatoms. The Morgan fingerprint density at radius 1 is 1.29 bits per heavy atom. The van der Waals surface area contributed by atoms with Gasteiger partial charge in [0, 0.05) is 32.1 Å². The maximum Gasteiger partial charge on any atom is 0.406 e. The van der Waals surface area contributed by atoms with E-state index in [4.69, 9.17) is 4.74 Å². The Labute approximate surface area is 179 Å². The zero-order valence-electron chi connectivity index (χ0n) is 17.5. The topological polar surface area (TPSA) is 59.4 Å². The molecular weight excluding hydrogens is 409 g/mol. The summed E-state index contributed by atoms with van der Waals surface area (Å²) in [6.07, 6.45) is 0.224. The average molecular weight is 436 g/mol. The van der Waals surface area contributed by atoms with Gasteiger partial charge in [0.1, 0.15) is 12.3 Å². The van der Waals surface area contributed by atoms with Crippen molar-refractivity contribution in [2.24, 2.45) is 0 Å². The molecule has 1 unspecified atom stereocenters. The molecule has 1 aromatic heterocycles. The van der Waals surface area contributed by atoms with Crippen LogP contribution in [-0.4, -0.2) is 46.2 Å². The maximum atomic E-state index is 13.1. The lowest BCUT2D eigenvalue weighted by molar-refractivity contribution is -0.166. The van der Waals surface area contributed by atoms with Crippen LogP contribution in [0.5, 0.6) is 5.75 Å². The van der Waals surface area contributed by atoms with E-state index in [9.17, 15) is 18.0 Å². The van der Waals surface area contributed by atoms with Crippen LogP contribution in [0, 0.1) is 0 Å². The molecule has 0 fully saturated rings. The Hall–Kier alpha value is -2.71. The summed E-state index contributed by atoms with van der Waals surface area (Å²) < 4.78 is 47.3. The first-order valence-corrected chi connectivity index (χ1v) is 10.8. The summed E-state index contributed by atoms with van der Waals surface area (Å²) in [5, 5.41) is 3.27. The first-order chi connectivity index (χ1) is 14.8. The van der Waals surface area contributed by atoms with Gasteiger partial charge in [-0.05, 0) is 42.5 Å². The molecule has 1 aromatic carbocycles. The normalized spacial score (nSPS) is 18.8. The van der Waals surface area contributed by atoms with Gasteiger partial charge in [-0.2, -0.15) is 13.2 Å². The van der Waals surface area contributed by atoms with E-state index in [0.29, 0.717) is 31.6 Å². The number of aryl methyl sites for hydroxylation is 2. The third kappa shape index (κ3) is 4.97. The number of nitrogens with zero attached hydrogens (tertiary/aromatic N) is 3. The molecule has 1 amide bonds. The minimum atomic E-state index is -4.43. The van der Waals surface area contributed by atoms with Crippen LogP contribution < -0.4 is 10.1 Å². The van der Waals surface area contributed by atoms with Crippen LogP contribution in [0.3, 0.4) is 0 Å². The number of benzene rings is 1. The van der Waals surface area contributed by atoms with Gasteiger partial charge in [0.15, 0.2) is 0 Å². The highest BCUT2D eigenvalue weighted by Gasteiger charge is 2.38. The third-order valence-electron chi connectivity index (χ3n) is 5.83. The van der Waals surface area contributed by atoms with Gasteiger partial charge >= 0.3 is 6.18 Å². The SMILES string of the molecule is CCC1c2cc(OCCc3cn4c(n3)NCCC4)ccc2CCC(=O)N1CC(F)(F)F. The summed E-state index contributed by atoms with van der Waals surface area (Å²) in [6, 6.07) is 4.89. The molecule has 6 nitrogen and oxygen atoms in total. The summed E-state index contributed by atoms with van der Waals surface area (Å²) in [4.78, 5) is 17.9. The van der Waals surface area contributed by atoms with Crippen LogP contribution in [0.2, 0.25) is 0 Å². The predicted octanol–water partition coefficient (Wildman–Crippen LogP) is 4.11. The summed E-state index contributed by atoms with van der Waals surface area (Å²) in [5.74, 6) is 1.02. The molecular formula is C22H27F3N4O2. The molecule has 2 aliphatic heterocycles. The Kier molecular flexibility index (Phi) is 6.11. The van der Waals surface area contributed by atoms with Gasteiger partial charge in [-0.15, -0.1) is 0 Å². The van der Waals surface area contributed by atoms with E-state index in [0.717, 1.165) is 47.2 Å². The van der Waals surface area contributed by atoms with Gasteiger partial charge in [0.2, 0.25) is 11.9 Å². The minimum absolute atomic E-state index is 0.0822. The van der Waals surface area contributed by atoms with Crippen molar-refractivity contribution < 1.29 is 22.7 Å². The Bertz CT molecular complexity index is 918. The Balaban J connectivity index is 1.47. The second-order valence-electron chi connectivity index (χ2n) is 8.05. The lowest BCUT2D eigenvalue weighted by Crippen LogP contribution is -2.40. The molecule has 0 aliphatic carbocycles. The Morgan fingerprint density at radius 3 is 2.87 bits per heavy atom. The molecule has 1 N–H and O–H groups in total. The van der Waals surface area contributed by atoms with Crippen LogP contribution in [0.25, 0.3) is 0 Å². The highest BCUT2D eigenvalue weighted by Crippen LogP contribution is 2.36. The maximum absolute atomic E-state index is 13.1. The first kappa shape index (κ1) is 21.5. The van der Waals surface area contributed by atoms with E-state index in [1.165, 1.54) is 0 Å². The third-order valence-corrected chi connectivity index (χ3v) is 5.83. The second-order valence-corrected chi connectivity index (χ2v) is 8.05. The van der Waals surface area contributed by atoms with Crippen LogP contribution >= 0.6 is 0 Å². The molecule has 0 radical (unpaired) electrons. The first-order valence-electron chi connectivity index (χ1n) is 10.8. The number of aromatic nitrogens is 2. The van der Waals surface area contributed by atoms with Gasteiger partial charge < -0.3 is 19.5 Å². The van der Waals surface area contributed by atoms with Crippen molar-refractivity contribution >= 4 is 11.9 Å². The fourth-order valence-electron chi connectivity index (χ4n) is 4.38. The van der Waals surface area contributed by atoms with Crippen molar-refractivity contribution in [1.29, 1.82) is 0 Å². The minimum Gasteiger partial charge on any atom is -0.493 e. The highest BCUT2D eigenvalue weighted by atomic mass is 19.4. The number of carbonyl (C=O) groups excluding carboxylic acids is 1. The molecule has 0 saturated carbocycles. The summed E-state index contributed by atoms with van der Waals surface area (Å²) in [6.45, 7) is 2.87. The fraction of sp³-hybridized carbons (Fsp3) is 0.545. The zero-order chi connectivity index (χ0) is 22.0. The lowest BCUT2D eigenvalue weighted by Gasteiger charge is -2.31. The van der Waals surface area contributed by atoms with Gasteiger partial charge in [-0.25, -0.2) is 4.98 Å². The fourth-order valence-corrected chi connectivity index (χ4v) is 4.38. The summed E-state index contributed by atoms with van der Waals surface area (Å²) in [7, 11) is 0. The zero-order valence-corrected chi connectivity index (χ0v) is 17.5. The predicted molar refractivity (Wildman–Crippen MR) is 110 cm³/mol. The van der Waals surface area contributed by atoms with Crippen molar-refractivity contribution in [3.63, 3.8) is 0 Å². The number of rotatable bonds is 6. The van der Waals surface area contributed by atoms with Gasteiger partial charge in [0.25, 0.3) is 0 Å². The van der Waals surface area contributed by atoms with E-state index in [-0.39, 0.29) is 6.42 Å². The number of imidazole rings is 1. The number of fused-ring (bicyclic) bond motifs is 2. The van der Waals surface area contributed by atoms with E-state index in [1.54, 1.807) is 13.0 Å². The number of hydrogen-bond donors (Lipinski definition) is 1. The molecule has 0 saturated heterocycles. The molecule has 2 aromatic rings. The summed E-state index contributed by atoms with van der Waals surface area (Å²) >= 11 is 0. The smallest absolute Gasteiger partial charge is 0.406 e. The van der Waals surface area contributed by atoms with E-state index in [2.05, 4.69) is 14.9 Å². The number of hydrogen-bond acceptors (Lipinski definition) is 4. The van der Waals surface area contributed by atoms with Crippen LogP contribution in [-0.2, 0) is 24.2 Å². The number of halogens is 3. The molecule has 4 rings (SSSR count). The average Bonchev–Trinajstić information content (AvgIpc) is 3.09. The monoisotopic (exact) mass is 436 g/mol. The van der Waals surface area contributed by atoms with Crippen LogP contribution in [0.1, 0.15) is 49.0 Å². The lowest BCUT2D eigenvalue weighted by atomic mass is 9.96. The molecule has 0 bridgehead atoms. The molecule has 1 atom stereocenters. The number of ether oxygens (including phenoxy) is 1. The molecule has 3 heterocycles.